The minimum atomic E-state index is -0.775. The zero-order valence-corrected chi connectivity index (χ0v) is 14.4. The van der Waals surface area contributed by atoms with E-state index in [2.05, 4.69) is 0 Å². The lowest BCUT2D eigenvalue weighted by molar-refractivity contribution is -0.137. The molecule has 2 atom stereocenters. The van der Waals surface area contributed by atoms with Gasteiger partial charge in [0, 0.05) is 6.42 Å². The molecule has 0 saturated carbocycles. The molecule has 0 radical (unpaired) electrons. The summed E-state index contributed by atoms with van der Waals surface area (Å²) >= 11 is 0. The standard InChI is InChI=1S/C20H30O4/c1-2-18(21)14-10-6-4-3-5-7-11-15-19(22)16-12-8-9-13-17-20(23)24/h4-8,10-12,14-15,18-19,21-22H,2-3,9,13,16-17H2,1H3,(H,23,24). The maximum Gasteiger partial charge on any atom is 0.303 e. The highest BCUT2D eigenvalue weighted by molar-refractivity contribution is 5.66. The van der Waals surface area contributed by atoms with Crippen molar-refractivity contribution in [2.75, 3.05) is 0 Å². The van der Waals surface area contributed by atoms with E-state index in [1.807, 2.05) is 55.5 Å². The van der Waals surface area contributed by atoms with Crippen LogP contribution in [0.15, 0.2) is 60.8 Å². The SMILES string of the molecule is CCC(O)C=CC=CCC=CC=CC(O)CC=CCCCC(=O)O. The van der Waals surface area contributed by atoms with Crippen molar-refractivity contribution in [2.24, 2.45) is 0 Å². The molecule has 24 heavy (non-hydrogen) atoms. The van der Waals surface area contributed by atoms with Gasteiger partial charge in [-0.3, -0.25) is 4.79 Å². The van der Waals surface area contributed by atoms with Crippen LogP contribution < -0.4 is 0 Å². The highest BCUT2D eigenvalue weighted by atomic mass is 16.4. The van der Waals surface area contributed by atoms with Crippen molar-refractivity contribution in [1.29, 1.82) is 0 Å². The van der Waals surface area contributed by atoms with Crippen LogP contribution in [0, 0.1) is 0 Å². The van der Waals surface area contributed by atoms with Gasteiger partial charge in [0.2, 0.25) is 0 Å². The van der Waals surface area contributed by atoms with Gasteiger partial charge in [-0.05, 0) is 32.1 Å². The molecule has 3 N–H and O–H groups in total. The van der Waals surface area contributed by atoms with E-state index in [9.17, 15) is 15.0 Å². The number of allylic oxidation sites excluding steroid dienone is 7. The summed E-state index contributed by atoms with van der Waals surface area (Å²) in [4.78, 5) is 10.3. The highest BCUT2D eigenvalue weighted by Gasteiger charge is 1.95. The third kappa shape index (κ3) is 16.5. The molecule has 0 rings (SSSR count). The molecule has 0 amide bonds. The largest absolute Gasteiger partial charge is 0.481 e. The molecule has 0 heterocycles. The molecule has 0 aliphatic carbocycles. The van der Waals surface area contributed by atoms with E-state index in [0.29, 0.717) is 12.8 Å². The van der Waals surface area contributed by atoms with E-state index in [1.54, 1.807) is 12.2 Å². The summed E-state index contributed by atoms with van der Waals surface area (Å²) in [6.45, 7) is 1.93. The summed E-state index contributed by atoms with van der Waals surface area (Å²) in [5.41, 5.74) is 0. The fraction of sp³-hybridized carbons (Fsp3) is 0.450. The first-order chi connectivity index (χ1) is 11.6. The Morgan fingerprint density at radius 3 is 2.12 bits per heavy atom. The van der Waals surface area contributed by atoms with Gasteiger partial charge in [0.05, 0.1) is 12.2 Å². The normalized spacial score (nSPS) is 15.5. The molecule has 0 spiro atoms. The average molecular weight is 334 g/mol. The quantitative estimate of drug-likeness (QED) is 0.271. The Kier molecular flexibility index (Phi) is 14.7. The van der Waals surface area contributed by atoms with Crippen molar-refractivity contribution in [3.63, 3.8) is 0 Å². The smallest absolute Gasteiger partial charge is 0.303 e. The molecular weight excluding hydrogens is 304 g/mol. The molecular formula is C20H30O4. The Bertz CT molecular complexity index is 458. The summed E-state index contributed by atoms with van der Waals surface area (Å²) in [7, 11) is 0. The van der Waals surface area contributed by atoms with Gasteiger partial charge in [0.1, 0.15) is 0 Å². The predicted molar refractivity (Wildman–Crippen MR) is 98.7 cm³/mol. The maximum atomic E-state index is 10.3. The Morgan fingerprint density at radius 2 is 1.54 bits per heavy atom. The Morgan fingerprint density at radius 1 is 0.917 bits per heavy atom. The minimum Gasteiger partial charge on any atom is -0.481 e. The molecule has 0 aromatic heterocycles. The van der Waals surface area contributed by atoms with Crippen LogP contribution >= 0.6 is 0 Å². The number of unbranched alkanes of at least 4 members (excludes halogenated alkanes) is 1. The third-order valence-corrected chi connectivity index (χ3v) is 3.16. The minimum absolute atomic E-state index is 0.182. The van der Waals surface area contributed by atoms with Crippen molar-refractivity contribution in [2.45, 2.75) is 57.7 Å². The second kappa shape index (κ2) is 16.0. The number of aliphatic carboxylic acids is 1. The van der Waals surface area contributed by atoms with Crippen molar-refractivity contribution in [3.8, 4) is 0 Å². The first kappa shape index (κ1) is 22.1. The number of aliphatic hydroxyl groups excluding tert-OH is 2. The third-order valence-electron chi connectivity index (χ3n) is 3.16. The van der Waals surface area contributed by atoms with Crippen molar-refractivity contribution in [1.82, 2.24) is 0 Å². The molecule has 4 heteroatoms. The van der Waals surface area contributed by atoms with Crippen molar-refractivity contribution in [3.05, 3.63) is 60.8 Å². The van der Waals surface area contributed by atoms with Gasteiger partial charge in [0.25, 0.3) is 0 Å². The lowest BCUT2D eigenvalue weighted by Gasteiger charge is -1.99. The van der Waals surface area contributed by atoms with Gasteiger partial charge in [-0.1, -0.05) is 67.7 Å². The number of hydrogen-bond donors (Lipinski definition) is 3. The predicted octanol–water partition coefficient (Wildman–Crippen LogP) is 3.93. The maximum absolute atomic E-state index is 10.3. The lowest BCUT2D eigenvalue weighted by atomic mass is 10.2. The van der Waals surface area contributed by atoms with E-state index in [-0.39, 0.29) is 12.5 Å². The van der Waals surface area contributed by atoms with Crippen LogP contribution in [0.4, 0.5) is 0 Å². The van der Waals surface area contributed by atoms with E-state index >= 15 is 0 Å². The molecule has 0 fully saturated rings. The van der Waals surface area contributed by atoms with Gasteiger partial charge in [-0.15, -0.1) is 0 Å². The zero-order valence-electron chi connectivity index (χ0n) is 14.4. The van der Waals surface area contributed by atoms with Gasteiger partial charge >= 0.3 is 5.97 Å². The molecule has 0 saturated heterocycles. The van der Waals surface area contributed by atoms with E-state index in [1.165, 1.54) is 0 Å². The van der Waals surface area contributed by atoms with Gasteiger partial charge in [0.15, 0.2) is 0 Å². The Balaban J connectivity index is 3.77. The second-order valence-corrected chi connectivity index (χ2v) is 5.40. The molecule has 0 aromatic rings. The zero-order chi connectivity index (χ0) is 18.0. The second-order valence-electron chi connectivity index (χ2n) is 5.40. The molecule has 0 aliphatic rings. The number of carboxylic acids is 1. The lowest BCUT2D eigenvalue weighted by Crippen LogP contribution is -1.98. The molecule has 0 aliphatic heterocycles. The van der Waals surface area contributed by atoms with Crippen LogP contribution in [-0.2, 0) is 4.79 Å². The summed E-state index contributed by atoms with van der Waals surface area (Å²) < 4.78 is 0. The Hall–Kier alpha value is -1.91. The fourth-order valence-electron chi connectivity index (χ4n) is 1.72. The van der Waals surface area contributed by atoms with Crippen LogP contribution in [-0.4, -0.2) is 33.5 Å². The van der Waals surface area contributed by atoms with Gasteiger partial charge in [-0.2, -0.15) is 0 Å². The van der Waals surface area contributed by atoms with E-state index < -0.39 is 12.1 Å². The molecule has 0 bridgehead atoms. The first-order valence-electron chi connectivity index (χ1n) is 8.45. The molecule has 2 unspecified atom stereocenters. The van der Waals surface area contributed by atoms with Crippen molar-refractivity contribution >= 4 is 5.97 Å². The molecule has 0 aromatic carbocycles. The molecule has 4 nitrogen and oxygen atoms in total. The van der Waals surface area contributed by atoms with Gasteiger partial charge < -0.3 is 15.3 Å². The monoisotopic (exact) mass is 334 g/mol. The summed E-state index contributed by atoms with van der Waals surface area (Å²) in [6.07, 6.45) is 21.3. The number of hydrogen-bond acceptors (Lipinski definition) is 3. The van der Waals surface area contributed by atoms with Gasteiger partial charge in [-0.25, -0.2) is 0 Å². The summed E-state index contributed by atoms with van der Waals surface area (Å²) in [5.74, 6) is -0.775. The van der Waals surface area contributed by atoms with Crippen LogP contribution in [0.1, 0.15) is 45.4 Å². The number of aliphatic hydroxyl groups is 2. The number of carbonyl (C=O) groups is 1. The highest BCUT2D eigenvalue weighted by Crippen LogP contribution is 2.01. The number of rotatable bonds is 13. The Labute approximate surface area is 145 Å². The molecule has 134 valence electrons. The first-order valence-corrected chi connectivity index (χ1v) is 8.45. The van der Waals surface area contributed by atoms with E-state index in [4.69, 9.17) is 5.11 Å². The summed E-state index contributed by atoms with van der Waals surface area (Å²) in [6, 6.07) is 0. The number of carboxylic acid groups (broad SMARTS) is 1. The topological polar surface area (TPSA) is 77.8 Å². The van der Waals surface area contributed by atoms with Crippen LogP contribution in [0.3, 0.4) is 0 Å². The van der Waals surface area contributed by atoms with Crippen LogP contribution in [0.2, 0.25) is 0 Å². The fourth-order valence-corrected chi connectivity index (χ4v) is 1.72. The average Bonchev–Trinajstić information content (AvgIpc) is 2.55. The van der Waals surface area contributed by atoms with Crippen molar-refractivity contribution < 1.29 is 20.1 Å². The van der Waals surface area contributed by atoms with E-state index in [0.717, 1.165) is 19.3 Å². The van der Waals surface area contributed by atoms with Crippen LogP contribution in [0.5, 0.6) is 0 Å². The van der Waals surface area contributed by atoms with Crippen LogP contribution in [0.25, 0.3) is 0 Å². The summed E-state index contributed by atoms with van der Waals surface area (Å²) in [5, 5.41) is 27.5.